The molecule has 0 unspecified atom stereocenters. The third-order valence-corrected chi connectivity index (χ3v) is 7.60. The molecule has 1 fully saturated rings. The molecular formula is C27H34ClN3O3. The van der Waals surface area contributed by atoms with Crippen LogP contribution in [-0.4, -0.2) is 51.9 Å². The van der Waals surface area contributed by atoms with Gasteiger partial charge in [0.25, 0.3) is 0 Å². The van der Waals surface area contributed by atoms with Gasteiger partial charge in [-0.3, -0.25) is 9.59 Å². The third kappa shape index (κ3) is 6.16. The van der Waals surface area contributed by atoms with E-state index < -0.39 is 6.10 Å². The highest BCUT2D eigenvalue weighted by molar-refractivity contribution is 6.36. The highest BCUT2D eigenvalue weighted by atomic mass is 35.5. The van der Waals surface area contributed by atoms with Crippen LogP contribution >= 0.6 is 11.6 Å². The van der Waals surface area contributed by atoms with Crippen molar-refractivity contribution in [3.63, 3.8) is 0 Å². The maximum Gasteiger partial charge on any atom is 0.219 e. The van der Waals surface area contributed by atoms with Crippen molar-refractivity contribution >= 4 is 29.1 Å². The molecular weight excluding hydrogens is 450 g/mol. The molecule has 1 aromatic heterocycles. The van der Waals surface area contributed by atoms with Gasteiger partial charge in [-0.25, -0.2) is 4.98 Å². The quantitative estimate of drug-likeness (QED) is 0.506. The number of fused-ring (bicyclic) bond motifs is 1. The molecule has 1 atom stereocenters. The number of anilines is 1. The molecule has 182 valence electrons. The van der Waals surface area contributed by atoms with Crippen molar-refractivity contribution in [1.29, 1.82) is 0 Å². The van der Waals surface area contributed by atoms with Gasteiger partial charge in [0.2, 0.25) is 5.91 Å². The van der Waals surface area contributed by atoms with Crippen LogP contribution in [0.1, 0.15) is 66.9 Å². The fourth-order valence-electron chi connectivity index (χ4n) is 5.15. The summed E-state index contributed by atoms with van der Waals surface area (Å²) in [5.41, 5.74) is 3.30. The monoisotopic (exact) mass is 483 g/mol. The van der Waals surface area contributed by atoms with Gasteiger partial charge in [-0.05, 0) is 68.1 Å². The second-order valence-electron chi connectivity index (χ2n) is 9.68. The SMILES string of the molecule is CC(=O)N1CCC(Nc2nccc(C(=O)CC[C@@H](O)CCC3Cc4ccccc4C3)c2Cl)CC1. The average Bonchev–Trinajstić information content (AvgIpc) is 3.26. The van der Waals surface area contributed by atoms with Gasteiger partial charge in [0, 0.05) is 44.2 Å². The zero-order valence-electron chi connectivity index (χ0n) is 19.8. The Morgan fingerprint density at radius 3 is 2.47 bits per heavy atom. The van der Waals surface area contributed by atoms with Crippen molar-refractivity contribution in [3.8, 4) is 0 Å². The Bertz CT molecular complexity index is 995. The number of aliphatic hydroxyl groups is 1. The first-order valence-electron chi connectivity index (χ1n) is 12.3. The highest BCUT2D eigenvalue weighted by Gasteiger charge is 2.24. The highest BCUT2D eigenvalue weighted by Crippen LogP contribution is 2.31. The summed E-state index contributed by atoms with van der Waals surface area (Å²) in [6, 6.07) is 10.4. The summed E-state index contributed by atoms with van der Waals surface area (Å²) in [4.78, 5) is 30.5. The summed E-state index contributed by atoms with van der Waals surface area (Å²) in [5, 5.41) is 14.2. The van der Waals surface area contributed by atoms with Crippen LogP contribution in [0.25, 0.3) is 0 Å². The number of likely N-dealkylation sites (tertiary alicyclic amines) is 1. The number of hydrogen-bond acceptors (Lipinski definition) is 5. The minimum atomic E-state index is -0.489. The van der Waals surface area contributed by atoms with Gasteiger partial charge < -0.3 is 15.3 Å². The van der Waals surface area contributed by atoms with Crippen LogP contribution in [-0.2, 0) is 17.6 Å². The normalized spacial score (nSPS) is 17.4. The molecule has 7 heteroatoms. The summed E-state index contributed by atoms with van der Waals surface area (Å²) in [7, 11) is 0. The zero-order valence-corrected chi connectivity index (χ0v) is 20.6. The largest absolute Gasteiger partial charge is 0.393 e. The average molecular weight is 484 g/mol. The van der Waals surface area contributed by atoms with E-state index in [1.54, 1.807) is 19.2 Å². The molecule has 0 saturated carbocycles. The van der Waals surface area contributed by atoms with Crippen molar-refractivity contribution in [2.75, 3.05) is 18.4 Å². The number of amides is 1. The van der Waals surface area contributed by atoms with E-state index in [0.29, 0.717) is 48.3 Å². The lowest BCUT2D eigenvalue weighted by atomic mass is 9.95. The zero-order chi connectivity index (χ0) is 24.1. The van der Waals surface area contributed by atoms with Gasteiger partial charge in [-0.15, -0.1) is 0 Å². The first-order chi connectivity index (χ1) is 16.4. The van der Waals surface area contributed by atoms with Crippen LogP contribution in [0.4, 0.5) is 5.82 Å². The Balaban J connectivity index is 1.23. The topological polar surface area (TPSA) is 82.5 Å². The second kappa shape index (κ2) is 11.3. The number of aromatic nitrogens is 1. The van der Waals surface area contributed by atoms with Crippen molar-refractivity contribution in [3.05, 3.63) is 58.2 Å². The molecule has 0 radical (unpaired) electrons. The van der Waals surface area contributed by atoms with Crippen LogP contribution < -0.4 is 5.32 Å². The summed E-state index contributed by atoms with van der Waals surface area (Å²) < 4.78 is 0. The van der Waals surface area contributed by atoms with Crippen LogP contribution in [0.2, 0.25) is 5.02 Å². The van der Waals surface area contributed by atoms with Gasteiger partial charge in [0.1, 0.15) is 5.82 Å². The Morgan fingerprint density at radius 2 is 1.82 bits per heavy atom. The van der Waals surface area contributed by atoms with Crippen LogP contribution in [0, 0.1) is 5.92 Å². The van der Waals surface area contributed by atoms with E-state index in [4.69, 9.17) is 11.6 Å². The lowest BCUT2D eigenvalue weighted by Crippen LogP contribution is -2.41. The van der Waals surface area contributed by atoms with Gasteiger partial charge in [0.05, 0.1) is 11.1 Å². The lowest BCUT2D eigenvalue weighted by molar-refractivity contribution is -0.129. The maximum atomic E-state index is 12.8. The molecule has 6 nitrogen and oxygen atoms in total. The number of halogens is 1. The first kappa shape index (κ1) is 24.7. The Labute approximate surface area is 206 Å². The molecule has 4 rings (SSSR count). The van der Waals surface area contributed by atoms with Gasteiger partial charge in [0.15, 0.2) is 5.78 Å². The van der Waals surface area contributed by atoms with Crippen LogP contribution in [0.5, 0.6) is 0 Å². The molecule has 1 aliphatic carbocycles. The van der Waals surface area contributed by atoms with Crippen molar-refractivity contribution < 1.29 is 14.7 Å². The van der Waals surface area contributed by atoms with E-state index in [2.05, 4.69) is 34.6 Å². The smallest absolute Gasteiger partial charge is 0.219 e. The van der Waals surface area contributed by atoms with Gasteiger partial charge >= 0.3 is 0 Å². The molecule has 2 N–H and O–H groups in total. The maximum absolute atomic E-state index is 12.8. The number of benzene rings is 1. The van der Waals surface area contributed by atoms with E-state index in [1.807, 2.05) is 4.90 Å². The summed E-state index contributed by atoms with van der Waals surface area (Å²) in [5.74, 6) is 1.11. The van der Waals surface area contributed by atoms with Crippen LogP contribution in [0.15, 0.2) is 36.5 Å². The molecule has 2 aliphatic rings. The summed E-state index contributed by atoms with van der Waals surface area (Å²) in [6.45, 7) is 2.99. The minimum absolute atomic E-state index is 0.0748. The number of hydrogen-bond donors (Lipinski definition) is 2. The molecule has 1 aromatic carbocycles. The van der Waals surface area contributed by atoms with E-state index in [9.17, 15) is 14.7 Å². The fraction of sp³-hybridized carbons (Fsp3) is 0.519. The molecule has 0 bridgehead atoms. The molecule has 1 aliphatic heterocycles. The number of Topliss-reactive ketones (excluding diaryl/α,β-unsaturated/α-hetero) is 1. The van der Waals surface area contributed by atoms with E-state index in [0.717, 1.165) is 32.1 Å². The number of piperidine rings is 1. The van der Waals surface area contributed by atoms with E-state index >= 15 is 0 Å². The number of aliphatic hydroxyl groups excluding tert-OH is 1. The number of nitrogens with zero attached hydrogens (tertiary/aromatic N) is 2. The second-order valence-corrected chi connectivity index (χ2v) is 10.1. The number of carbonyl (C=O) groups is 2. The lowest BCUT2D eigenvalue weighted by Gasteiger charge is -2.32. The molecule has 2 heterocycles. The fourth-order valence-corrected chi connectivity index (χ4v) is 5.42. The third-order valence-electron chi connectivity index (χ3n) is 7.22. The predicted octanol–water partition coefficient (Wildman–Crippen LogP) is 4.68. The van der Waals surface area contributed by atoms with E-state index in [1.165, 1.54) is 11.1 Å². The Morgan fingerprint density at radius 1 is 1.15 bits per heavy atom. The number of carbonyl (C=O) groups excluding carboxylic acids is 2. The molecule has 0 spiro atoms. The Kier molecular flexibility index (Phi) is 8.22. The standard InChI is InChI=1S/C27H34ClN3O3/c1-18(32)31-14-11-22(12-15-31)30-27-26(28)24(10-13-29-27)25(34)9-8-23(33)7-6-19-16-20-4-2-3-5-21(20)17-19/h2-5,10,13,19,22-23,33H,6-9,11-12,14-17H2,1H3,(H,29,30)/t23-/m0/s1. The van der Waals surface area contributed by atoms with Gasteiger partial charge in [-0.2, -0.15) is 0 Å². The molecule has 2 aromatic rings. The minimum Gasteiger partial charge on any atom is -0.393 e. The Hall–Kier alpha value is -2.44. The molecule has 1 amide bonds. The number of ketones is 1. The number of nitrogens with one attached hydrogen (secondary N) is 1. The van der Waals surface area contributed by atoms with E-state index in [-0.39, 0.29) is 24.2 Å². The summed E-state index contributed by atoms with van der Waals surface area (Å²) >= 11 is 6.54. The molecule has 34 heavy (non-hydrogen) atoms. The van der Waals surface area contributed by atoms with Crippen molar-refractivity contribution in [1.82, 2.24) is 9.88 Å². The van der Waals surface area contributed by atoms with Crippen molar-refractivity contribution in [2.24, 2.45) is 5.92 Å². The summed E-state index contributed by atoms with van der Waals surface area (Å²) in [6.07, 6.45) is 7.27. The van der Waals surface area contributed by atoms with Crippen molar-refractivity contribution in [2.45, 2.75) is 70.4 Å². The number of pyridine rings is 1. The first-order valence-corrected chi connectivity index (χ1v) is 12.7. The van der Waals surface area contributed by atoms with Crippen LogP contribution in [0.3, 0.4) is 0 Å². The molecule has 1 saturated heterocycles. The predicted molar refractivity (Wildman–Crippen MR) is 134 cm³/mol. The number of rotatable bonds is 9. The van der Waals surface area contributed by atoms with Gasteiger partial charge in [-0.1, -0.05) is 35.9 Å².